The molecule has 0 amide bonds. The fourth-order valence-electron chi connectivity index (χ4n) is 1.19. The molecule has 1 rings (SSSR count). The summed E-state index contributed by atoms with van der Waals surface area (Å²) in [5.41, 5.74) is 2.07. The van der Waals surface area contributed by atoms with Gasteiger partial charge in [0.2, 0.25) is 0 Å². The van der Waals surface area contributed by atoms with Crippen molar-refractivity contribution in [1.29, 1.82) is 0 Å². The van der Waals surface area contributed by atoms with E-state index >= 15 is 0 Å². The van der Waals surface area contributed by atoms with Gasteiger partial charge in [-0.15, -0.1) is 12.2 Å². The molecule has 0 atom stereocenters. The average Bonchev–Trinajstić information content (AvgIpc) is 2.60. The molecule has 0 N–H and O–H groups in total. The first kappa shape index (κ1) is 18.9. The molecule has 17 heavy (non-hydrogen) atoms. The van der Waals surface area contributed by atoms with E-state index in [-0.39, 0.29) is 32.7 Å². The van der Waals surface area contributed by atoms with Crippen LogP contribution in [0.3, 0.4) is 0 Å². The molecule has 1 aliphatic carbocycles. The van der Waals surface area contributed by atoms with Gasteiger partial charge in [0.05, 0.1) is 0 Å². The molecule has 0 heterocycles. The van der Waals surface area contributed by atoms with Crippen LogP contribution in [0.15, 0.2) is 60.3 Å². The third-order valence-electron chi connectivity index (χ3n) is 1.79. The van der Waals surface area contributed by atoms with Gasteiger partial charge in [0.1, 0.15) is 0 Å². The summed E-state index contributed by atoms with van der Waals surface area (Å²) >= 11 is 0. The third-order valence-corrected chi connectivity index (χ3v) is 1.79. The fraction of sp³-hybridized carbons (Fsp3) is 0.250. The van der Waals surface area contributed by atoms with Gasteiger partial charge < -0.3 is 0 Å². The van der Waals surface area contributed by atoms with Crippen molar-refractivity contribution in [2.45, 2.75) is 27.2 Å². The van der Waals surface area contributed by atoms with E-state index in [4.69, 9.17) is 0 Å². The molecule has 0 saturated heterocycles. The van der Waals surface area contributed by atoms with Crippen LogP contribution in [0, 0.1) is 12.2 Å². The second-order valence-electron chi connectivity index (χ2n) is 2.86. The van der Waals surface area contributed by atoms with E-state index in [1.165, 1.54) is 0 Å². The van der Waals surface area contributed by atoms with E-state index < -0.39 is 0 Å². The van der Waals surface area contributed by atoms with Gasteiger partial charge >= 0.3 is 0 Å². The molecule has 0 unspecified atom stereocenters. The van der Waals surface area contributed by atoms with Crippen molar-refractivity contribution in [3.8, 4) is 0 Å². The van der Waals surface area contributed by atoms with Crippen molar-refractivity contribution in [3.05, 3.63) is 72.4 Å². The Morgan fingerprint density at radius 1 is 1.41 bits per heavy atom. The fourth-order valence-corrected chi connectivity index (χ4v) is 1.19. The molecule has 0 nitrogen and oxygen atoms in total. The van der Waals surface area contributed by atoms with Gasteiger partial charge in [-0.25, -0.2) is 11.1 Å². The molecule has 89 valence electrons. The van der Waals surface area contributed by atoms with Crippen LogP contribution in [-0.2, 0) is 32.7 Å². The van der Waals surface area contributed by atoms with E-state index in [1.54, 1.807) is 6.08 Å². The summed E-state index contributed by atoms with van der Waals surface area (Å²) in [6.07, 6.45) is 21.1. The zero-order chi connectivity index (χ0) is 12.2. The Balaban J connectivity index is 0. The second-order valence-corrected chi connectivity index (χ2v) is 2.86. The van der Waals surface area contributed by atoms with Gasteiger partial charge in [-0.3, -0.25) is 0 Å². The van der Waals surface area contributed by atoms with E-state index in [1.807, 2.05) is 39.0 Å². The summed E-state index contributed by atoms with van der Waals surface area (Å²) in [6.45, 7) is 9.64. The Morgan fingerprint density at radius 2 is 2.12 bits per heavy atom. The van der Waals surface area contributed by atoms with Crippen molar-refractivity contribution in [3.63, 3.8) is 0 Å². The van der Waals surface area contributed by atoms with Crippen molar-refractivity contribution < 1.29 is 32.7 Å². The maximum atomic E-state index is 3.65. The maximum Gasteiger partial charge on any atom is 0 e. The van der Waals surface area contributed by atoms with Gasteiger partial charge in [0.25, 0.3) is 0 Å². The first-order valence-electron chi connectivity index (χ1n) is 5.71. The Labute approximate surface area is 131 Å². The molecule has 1 radical (unpaired) electrons. The Bertz CT molecular complexity index is 339. The molecule has 0 aromatic heterocycles. The Morgan fingerprint density at radius 3 is 2.71 bits per heavy atom. The molecule has 0 aromatic carbocycles. The SMILES string of the molecule is C=C[C-]=C(/C=C\C)C1=[C-]C=CCC=C1.CC.[Y]. The molecule has 1 heteroatoms. The zero-order valence-electron chi connectivity index (χ0n) is 11.0. The molecular weight excluding hydrogens is 281 g/mol. The van der Waals surface area contributed by atoms with Crippen LogP contribution < -0.4 is 0 Å². The molecule has 0 saturated carbocycles. The van der Waals surface area contributed by atoms with Crippen LogP contribution in [0.5, 0.6) is 0 Å². The minimum absolute atomic E-state index is 0. The van der Waals surface area contributed by atoms with Gasteiger partial charge in [-0.2, -0.15) is 49.1 Å². The van der Waals surface area contributed by atoms with Crippen molar-refractivity contribution in [2.75, 3.05) is 0 Å². The second kappa shape index (κ2) is 13.6. The summed E-state index contributed by atoms with van der Waals surface area (Å²) in [4.78, 5) is 0. The van der Waals surface area contributed by atoms with Gasteiger partial charge in [-0.1, -0.05) is 27.2 Å². The maximum absolute atomic E-state index is 3.65. The van der Waals surface area contributed by atoms with Crippen LogP contribution in [-0.4, -0.2) is 0 Å². The van der Waals surface area contributed by atoms with E-state index in [2.05, 4.69) is 37.0 Å². The quantitative estimate of drug-likeness (QED) is 0.521. The minimum atomic E-state index is 0. The van der Waals surface area contributed by atoms with E-state index in [0.717, 1.165) is 17.6 Å². The van der Waals surface area contributed by atoms with Crippen LogP contribution in [0.1, 0.15) is 27.2 Å². The topological polar surface area (TPSA) is 0 Å². The normalized spacial score (nSPS) is 14.3. The summed E-state index contributed by atoms with van der Waals surface area (Å²) in [6, 6.07) is 0. The summed E-state index contributed by atoms with van der Waals surface area (Å²) in [5, 5.41) is 0. The molecule has 0 spiro atoms. The van der Waals surface area contributed by atoms with E-state index in [9.17, 15) is 0 Å². The van der Waals surface area contributed by atoms with Gasteiger partial charge in [-0.05, 0) is 0 Å². The molecule has 1 aliphatic rings. The predicted molar refractivity (Wildman–Crippen MR) is 72.8 cm³/mol. The number of allylic oxidation sites excluding steroid dienone is 11. The molecule has 0 bridgehead atoms. The smallest absolute Gasteiger partial charge is 0 e. The van der Waals surface area contributed by atoms with Crippen LogP contribution >= 0.6 is 0 Å². The number of hydrogen-bond acceptors (Lipinski definition) is 0. The summed E-state index contributed by atoms with van der Waals surface area (Å²) in [5.74, 6) is 0. The zero-order valence-corrected chi connectivity index (χ0v) is 13.9. The molecular formula is C16H20Y-2. The van der Waals surface area contributed by atoms with Gasteiger partial charge in [0.15, 0.2) is 0 Å². The largest absolute Gasteiger partial charge is 0.226 e. The molecule has 0 fully saturated rings. The summed E-state index contributed by atoms with van der Waals surface area (Å²) < 4.78 is 0. The average molecular weight is 301 g/mol. The standard InChI is InChI=1S/C14H14.C2H6.Y/c1-3-9-13(10-4-2)14-11-7-5-6-8-12-14;1-2;/h3-5,7-8,10,12H,1,6H2,2H3;1-2H3;/q-2;;/b10-4-;;. The van der Waals surface area contributed by atoms with Crippen LogP contribution in [0.25, 0.3) is 0 Å². The van der Waals surface area contributed by atoms with Crippen molar-refractivity contribution in [2.24, 2.45) is 0 Å². The van der Waals surface area contributed by atoms with Crippen molar-refractivity contribution >= 4 is 0 Å². The Hall–Kier alpha value is -0.456. The summed E-state index contributed by atoms with van der Waals surface area (Å²) in [7, 11) is 0. The number of hydrogen-bond donors (Lipinski definition) is 0. The van der Waals surface area contributed by atoms with Gasteiger partial charge in [0, 0.05) is 32.7 Å². The first-order valence-corrected chi connectivity index (χ1v) is 5.71. The van der Waals surface area contributed by atoms with Crippen LogP contribution in [0.4, 0.5) is 0 Å². The first-order chi connectivity index (χ1) is 7.88. The van der Waals surface area contributed by atoms with E-state index in [0.29, 0.717) is 0 Å². The molecule has 0 aromatic rings. The predicted octanol–water partition coefficient (Wildman–Crippen LogP) is 4.75. The minimum Gasteiger partial charge on any atom is -0.226 e. The molecule has 0 aliphatic heterocycles. The monoisotopic (exact) mass is 301 g/mol. The Kier molecular flexibility index (Phi) is 15.1. The number of rotatable bonds is 3. The third kappa shape index (κ3) is 8.29. The van der Waals surface area contributed by atoms with Crippen molar-refractivity contribution in [1.82, 2.24) is 0 Å². The van der Waals surface area contributed by atoms with Crippen LogP contribution in [0.2, 0.25) is 0 Å².